The number of ether oxygens (including phenoxy) is 8. The van der Waals surface area contributed by atoms with E-state index in [4.69, 9.17) is 47.9 Å². The molecule has 2 aliphatic heterocycles. The molecule has 6 atom stereocenters. The van der Waals surface area contributed by atoms with E-state index in [0.717, 1.165) is 35.1 Å². The Morgan fingerprint density at radius 3 is 2.39 bits per heavy atom. The molecule has 2 amide bonds. The number of hydrogen-bond donors (Lipinski definition) is 3. The number of aliphatic hydroxyl groups is 2. The van der Waals surface area contributed by atoms with Crippen molar-refractivity contribution in [3.05, 3.63) is 126 Å². The monoisotopic (exact) mass is 947 g/mol. The number of methoxy groups -OCH3 is 3. The molecule has 0 spiro atoms. The quantitative estimate of drug-likeness (QED) is 0.0409. The van der Waals surface area contributed by atoms with Gasteiger partial charge in [0.25, 0.3) is 0 Å². The van der Waals surface area contributed by atoms with Gasteiger partial charge in [-0.25, -0.2) is 9.59 Å². The number of oxime groups is 1. The number of carbonyl (C=O) groups excluding carboxylic acids is 2. The number of aliphatic hydroxyl groups excluding tert-OH is 2. The summed E-state index contributed by atoms with van der Waals surface area (Å²) >= 11 is 0. The summed E-state index contributed by atoms with van der Waals surface area (Å²) in [5.41, 5.74) is 4.28. The Kier molecular flexibility index (Phi) is 15.9. The van der Waals surface area contributed by atoms with Crippen molar-refractivity contribution >= 4 is 23.6 Å². The van der Waals surface area contributed by atoms with Crippen molar-refractivity contribution in [3.63, 3.8) is 0 Å². The van der Waals surface area contributed by atoms with E-state index >= 15 is 0 Å². The van der Waals surface area contributed by atoms with Gasteiger partial charge in [0, 0.05) is 43.7 Å². The predicted octanol–water partition coefficient (Wildman–Crippen LogP) is 9.15. The largest absolute Gasteiger partial charge is 0.497 e. The van der Waals surface area contributed by atoms with Crippen LogP contribution in [0.25, 0.3) is 0 Å². The van der Waals surface area contributed by atoms with Crippen LogP contribution in [0.15, 0.2) is 114 Å². The fourth-order valence-electron chi connectivity index (χ4n) is 10.3. The Morgan fingerprint density at radius 2 is 1.64 bits per heavy atom. The molecule has 1 saturated carbocycles. The molecular formula is C53H61N3O13. The van der Waals surface area contributed by atoms with E-state index in [1.807, 2.05) is 54.6 Å². The van der Waals surface area contributed by atoms with Crippen LogP contribution in [0.4, 0.5) is 15.3 Å². The van der Waals surface area contributed by atoms with Gasteiger partial charge < -0.3 is 52.9 Å². The predicted molar refractivity (Wildman–Crippen MR) is 256 cm³/mol. The molecule has 4 aliphatic rings. The van der Waals surface area contributed by atoms with Gasteiger partial charge in [0.1, 0.15) is 35.6 Å². The molecule has 69 heavy (non-hydrogen) atoms. The SMILES string of the molecule is C=CCOC12Oc3ccc(OC(=O)Nc4ccc(OC)cc4OC)cc3C3C(CCCCO)C(CCCCO)C=C(C(=NOCc4ccccc4)CC1N(Cc1ccc4c(c1)OCO4)C(=O)OC)C32. The zero-order valence-electron chi connectivity index (χ0n) is 39.3. The normalized spacial score (nSPS) is 22.2. The minimum absolute atomic E-state index is 0.0286. The number of nitrogens with one attached hydrogen (secondary N) is 1. The second-order valence-corrected chi connectivity index (χ2v) is 17.4. The summed E-state index contributed by atoms with van der Waals surface area (Å²) in [6.45, 7) is 4.52. The minimum atomic E-state index is -1.57. The van der Waals surface area contributed by atoms with Crippen molar-refractivity contribution in [2.75, 3.05) is 53.3 Å². The Morgan fingerprint density at radius 1 is 0.870 bits per heavy atom. The minimum Gasteiger partial charge on any atom is -0.497 e. The lowest BCUT2D eigenvalue weighted by Crippen LogP contribution is -2.70. The van der Waals surface area contributed by atoms with Crippen LogP contribution in [0, 0.1) is 17.8 Å². The van der Waals surface area contributed by atoms with E-state index in [1.54, 1.807) is 48.4 Å². The summed E-state index contributed by atoms with van der Waals surface area (Å²) in [4.78, 5) is 35.9. The zero-order chi connectivity index (χ0) is 48.3. The smallest absolute Gasteiger partial charge is 0.417 e. The number of unbranched alkanes of at least 4 members (excludes halogenated alkanes) is 2. The van der Waals surface area contributed by atoms with E-state index in [2.05, 4.69) is 18.0 Å². The first-order valence-corrected chi connectivity index (χ1v) is 23.4. The lowest BCUT2D eigenvalue weighted by molar-refractivity contribution is -0.256. The molecule has 2 aliphatic carbocycles. The van der Waals surface area contributed by atoms with Crippen molar-refractivity contribution in [2.24, 2.45) is 22.9 Å². The van der Waals surface area contributed by atoms with Crippen molar-refractivity contribution < 1.29 is 62.5 Å². The second kappa shape index (κ2) is 22.6. The number of anilines is 1. The second-order valence-electron chi connectivity index (χ2n) is 17.4. The van der Waals surface area contributed by atoms with E-state index in [0.29, 0.717) is 65.8 Å². The third-order valence-corrected chi connectivity index (χ3v) is 13.3. The van der Waals surface area contributed by atoms with Crippen LogP contribution in [0.1, 0.15) is 67.6 Å². The summed E-state index contributed by atoms with van der Waals surface area (Å²) < 4.78 is 48.2. The highest BCUT2D eigenvalue weighted by molar-refractivity contribution is 6.03. The summed E-state index contributed by atoms with van der Waals surface area (Å²) in [6, 6.07) is 24.7. The van der Waals surface area contributed by atoms with E-state index < -0.39 is 35.9 Å². The Hall–Kier alpha value is -6.75. The number of benzene rings is 4. The third kappa shape index (κ3) is 10.6. The van der Waals surface area contributed by atoms with Gasteiger partial charge >= 0.3 is 12.2 Å². The molecule has 1 fully saturated rings. The third-order valence-electron chi connectivity index (χ3n) is 13.3. The topological polar surface area (TPSA) is 185 Å². The van der Waals surface area contributed by atoms with Crippen molar-refractivity contribution in [3.8, 4) is 34.5 Å². The van der Waals surface area contributed by atoms with Crippen LogP contribution in [0.3, 0.4) is 0 Å². The maximum Gasteiger partial charge on any atom is 0.417 e. The number of amides is 2. The summed E-state index contributed by atoms with van der Waals surface area (Å²) in [6.07, 6.45) is 6.81. The van der Waals surface area contributed by atoms with Crippen LogP contribution in [0.5, 0.6) is 34.5 Å². The summed E-state index contributed by atoms with van der Waals surface area (Å²) in [5, 5.41) is 27.7. The molecule has 16 nitrogen and oxygen atoms in total. The van der Waals surface area contributed by atoms with Crippen molar-refractivity contribution in [1.82, 2.24) is 4.90 Å². The molecule has 366 valence electrons. The first-order chi connectivity index (χ1) is 33.7. The van der Waals surface area contributed by atoms with E-state index in [1.165, 1.54) is 14.2 Å². The van der Waals surface area contributed by atoms with Crippen LogP contribution in [-0.4, -0.2) is 92.8 Å². The van der Waals surface area contributed by atoms with Gasteiger partial charge in [-0.3, -0.25) is 10.2 Å². The van der Waals surface area contributed by atoms with Gasteiger partial charge in [-0.05, 0) is 96.7 Å². The van der Waals surface area contributed by atoms with Gasteiger partial charge in [-0.1, -0.05) is 66.5 Å². The Bertz CT molecular complexity index is 2500. The first-order valence-electron chi connectivity index (χ1n) is 23.4. The number of nitrogens with zero attached hydrogens (tertiary/aromatic N) is 2. The molecule has 4 aromatic rings. The lowest BCUT2D eigenvalue weighted by atomic mass is 9.55. The molecule has 6 unspecified atom stereocenters. The Labute approximate surface area is 402 Å². The van der Waals surface area contributed by atoms with Crippen molar-refractivity contribution in [2.45, 2.75) is 75.8 Å². The summed E-state index contributed by atoms with van der Waals surface area (Å²) in [7, 11) is 4.38. The van der Waals surface area contributed by atoms with E-state index in [9.17, 15) is 19.8 Å². The molecule has 0 bridgehead atoms. The molecule has 3 N–H and O–H groups in total. The number of hydrogen-bond acceptors (Lipinski definition) is 14. The number of fused-ring (bicyclic) bond motifs is 3. The first kappa shape index (κ1) is 48.7. The Balaban J connectivity index is 1.29. The van der Waals surface area contributed by atoms with Crippen LogP contribution in [0.2, 0.25) is 0 Å². The average Bonchev–Trinajstić information content (AvgIpc) is 3.85. The maximum absolute atomic E-state index is 14.4. The zero-order valence-corrected chi connectivity index (χ0v) is 39.3. The fourth-order valence-corrected chi connectivity index (χ4v) is 10.3. The van der Waals surface area contributed by atoms with Gasteiger partial charge in [0.05, 0.1) is 45.3 Å². The maximum atomic E-state index is 14.4. The van der Waals surface area contributed by atoms with Gasteiger partial charge in [-0.15, -0.1) is 6.58 Å². The molecule has 2 heterocycles. The van der Waals surface area contributed by atoms with Gasteiger partial charge in [-0.2, -0.15) is 0 Å². The fraction of sp³-hybridized carbons (Fsp3) is 0.415. The van der Waals surface area contributed by atoms with E-state index in [-0.39, 0.29) is 63.8 Å². The average molecular weight is 948 g/mol. The molecule has 16 heteroatoms. The van der Waals surface area contributed by atoms with Crippen molar-refractivity contribution in [1.29, 1.82) is 0 Å². The standard InChI is InChI=1S/C53H61N3O13/c1-5-25-66-53-48(56(52(60)63-4)31-35-17-21-45-47(26-35)65-33-64-45)30-43(55-67-32-34-13-7-6-8-14-34)40-27-36(15-9-11-23-57)39(16-10-12-24-58)49(50(40)53)41-28-38(19-22-44(41)69-53)68-51(59)54-42-20-18-37(61-2)29-46(42)62-3/h5-8,13-14,17-22,26-29,36,39,48-50,57-58H,1,9-12,15-16,23-25,30-33H2,2-4H3,(H,54,59). The lowest BCUT2D eigenvalue weighted by Gasteiger charge is -2.59. The van der Waals surface area contributed by atoms with Gasteiger partial charge in [0.15, 0.2) is 11.5 Å². The highest BCUT2D eigenvalue weighted by Gasteiger charge is 2.65. The molecule has 4 aromatic carbocycles. The number of rotatable bonds is 21. The van der Waals surface area contributed by atoms with Crippen LogP contribution >= 0.6 is 0 Å². The molecule has 0 aromatic heterocycles. The molecule has 0 radical (unpaired) electrons. The molecule has 0 saturated heterocycles. The number of allylic oxidation sites excluding steroid dienone is 1. The van der Waals surface area contributed by atoms with Gasteiger partial charge in [0.2, 0.25) is 12.6 Å². The highest BCUT2D eigenvalue weighted by atomic mass is 16.7. The number of carbonyl (C=O) groups is 2. The van der Waals surface area contributed by atoms with Crippen LogP contribution < -0.4 is 33.7 Å². The molecular weight excluding hydrogens is 887 g/mol. The van der Waals surface area contributed by atoms with Crippen LogP contribution in [-0.2, 0) is 27.5 Å². The summed E-state index contributed by atoms with van der Waals surface area (Å²) in [5.74, 6) is 0.123. The molecule has 8 rings (SSSR count). The highest BCUT2D eigenvalue weighted by Crippen LogP contribution is 2.62.